The average molecular weight is 309 g/mol. The van der Waals surface area contributed by atoms with E-state index in [4.69, 9.17) is 4.84 Å². The zero-order valence-corrected chi connectivity index (χ0v) is 13.0. The SMILES string of the molecule is Cc1ccccc1/C=N\OCCCn1c(=O)[nH]c2ccccc21. The van der Waals surface area contributed by atoms with E-state index < -0.39 is 0 Å². The standard InChI is InChI=1S/C18H19N3O2/c1-14-7-2-3-8-15(14)13-19-23-12-6-11-21-17-10-5-4-9-16(17)20-18(21)22/h2-5,7-10,13H,6,11-12H2,1H3,(H,20,22)/b19-13-. The van der Waals surface area contributed by atoms with Crippen LogP contribution in [0, 0.1) is 6.92 Å². The van der Waals surface area contributed by atoms with Gasteiger partial charge in [-0.3, -0.25) is 4.57 Å². The Morgan fingerprint density at radius 2 is 1.96 bits per heavy atom. The van der Waals surface area contributed by atoms with Crippen LogP contribution in [0.1, 0.15) is 17.5 Å². The van der Waals surface area contributed by atoms with Crippen molar-refractivity contribution < 1.29 is 4.84 Å². The van der Waals surface area contributed by atoms with Crippen molar-refractivity contribution in [3.05, 3.63) is 70.1 Å². The minimum atomic E-state index is -0.0883. The summed E-state index contributed by atoms with van der Waals surface area (Å²) in [4.78, 5) is 20.0. The number of benzene rings is 2. The monoisotopic (exact) mass is 309 g/mol. The number of para-hydroxylation sites is 2. The van der Waals surface area contributed by atoms with Crippen molar-refractivity contribution >= 4 is 17.2 Å². The van der Waals surface area contributed by atoms with E-state index in [0.29, 0.717) is 19.6 Å². The summed E-state index contributed by atoms with van der Waals surface area (Å²) in [5.41, 5.74) is 3.89. The third-order valence-corrected chi connectivity index (χ3v) is 3.75. The summed E-state index contributed by atoms with van der Waals surface area (Å²) in [5.74, 6) is 0. The number of fused-ring (bicyclic) bond motifs is 1. The van der Waals surface area contributed by atoms with Crippen LogP contribution in [0.3, 0.4) is 0 Å². The van der Waals surface area contributed by atoms with Crippen molar-refractivity contribution in [2.75, 3.05) is 6.61 Å². The summed E-state index contributed by atoms with van der Waals surface area (Å²) in [6, 6.07) is 15.7. The highest BCUT2D eigenvalue weighted by molar-refractivity contribution is 5.81. The molecule has 2 aromatic carbocycles. The molecule has 5 heteroatoms. The van der Waals surface area contributed by atoms with Gasteiger partial charge in [0.05, 0.1) is 17.2 Å². The first-order valence-electron chi connectivity index (χ1n) is 7.64. The van der Waals surface area contributed by atoms with Gasteiger partial charge < -0.3 is 9.82 Å². The molecular formula is C18H19N3O2. The molecule has 23 heavy (non-hydrogen) atoms. The summed E-state index contributed by atoms with van der Waals surface area (Å²) in [6.07, 6.45) is 2.43. The van der Waals surface area contributed by atoms with Gasteiger partial charge in [0.15, 0.2) is 0 Å². The maximum Gasteiger partial charge on any atom is 0.326 e. The number of nitrogens with one attached hydrogen (secondary N) is 1. The second-order valence-corrected chi connectivity index (χ2v) is 5.38. The molecule has 0 saturated carbocycles. The average Bonchev–Trinajstić information content (AvgIpc) is 2.88. The zero-order valence-electron chi connectivity index (χ0n) is 13.0. The lowest BCUT2D eigenvalue weighted by Gasteiger charge is -2.03. The molecule has 0 aliphatic heterocycles. The highest BCUT2D eigenvalue weighted by Crippen LogP contribution is 2.09. The molecular weight excluding hydrogens is 290 g/mol. The molecule has 0 unspecified atom stereocenters. The van der Waals surface area contributed by atoms with Gasteiger partial charge in [-0.2, -0.15) is 0 Å². The maximum atomic E-state index is 11.9. The third-order valence-electron chi connectivity index (χ3n) is 3.75. The quantitative estimate of drug-likeness (QED) is 0.432. The molecule has 0 radical (unpaired) electrons. The molecule has 0 aliphatic carbocycles. The van der Waals surface area contributed by atoms with E-state index in [2.05, 4.69) is 10.1 Å². The van der Waals surface area contributed by atoms with Gasteiger partial charge in [0, 0.05) is 13.0 Å². The van der Waals surface area contributed by atoms with Crippen LogP contribution >= 0.6 is 0 Å². The van der Waals surface area contributed by atoms with Gasteiger partial charge in [-0.25, -0.2) is 4.79 Å². The Morgan fingerprint density at radius 1 is 1.17 bits per heavy atom. The van der Waals surface area contributed by atoms with Gasteiger partial charge in [-0.1, -0.05) is 41.6 Å². The Balaban J connectivity index is 1.53. The Labute approximate surface area is 134 Å². The maximum absolute atomic E-state index is 11.9. The molecule has 1 N–H and O–H groups in total. The molecule has 1 aromatic heterocycles. The van der Waals surface area contributed by atoms with Gasteiger partial charge in [0.1, 0.15) is 6.61 Å². The molecule has 0 amide bonds. The number of oxime groups is 1. The number of nitrogens with zero attached hydrogens (tertiary/aromatic N) is 2. The van der Waals surface area contributed by atoms with Crippen molar-refractivity contribution in [1.29, 1.82) is 0 Å². The fourth-order valence-electron chi connectivity index (χ4n) is 2.49. The fraction of sp³-hybridized carbons (Fsp3) is 0.222. The fourth-order valence-corrected chi connectivity index (χ4v) is 2.49. The number of aromatic amines is 1. The molecule has 0 saturated heterocycles. The van der Waals surface area contributed by atoms with Gasteiger partial charge in [0.2, 0.25) is 0 Å². The topological polar surface area (TPSA) is 59.4 Å². The molecule has 118 valence electrons. The van der Waals surface area contributed by atoms with Crippen molar-refractivity contribution in [3.63, 3.8) is 0 Å². The third kappa shape index (κ3) is 3.51. The van der Waals surface area contributed by atoms with Crippen LogP contribution in [-0.4, -0.2) is 22.4 Å². The van der Waals surface area contributed by atoms with Crippen molar-refractivity contribution in [2.45, 2.75) is 19.9 Å². The largest absolute Gasteiger partial charge is 0.396 e. The normalized spacial score (nSPS) is 11.3. The lowest BCUT2D eigenvalue weighted by Crippen LogP contribution is -2.17. The highest BCUT2D eigenvalue weighted by Gasteiger charge is 2.04. The number of aromatic nitrogens is 2. The van der Waals surface area contributed by atoms with Gasteiger partial charge in [0.25, 0.3) is 0 Å². The molecule has 1 heterocycles. The van der Waals surface area contributed by atoms with Gasteiger partial charge in [-0.15, -0.1) is 0 Å². The lowest BCUT2D eigenvalue weighted by molar-refractivity contribution is 0.140. The van der Waals surface area contributed by atoms with Crippen molar-refractivity contribution in [2.24, 2.45) is 5.16 Å². The summed E-state index contributed by atoms with van der Waals surface area (Å²) in [5, 5.41) is 3.99. The van der Waals surface area contributed by atoms with Gasteiger partial charge >= 0.3 is 5.69 Å². The predicted octanol–water partition coefficient (Wildman–Crippen LogP) is 3.08. The summed E-state index contributed by atoms with van der Waals surface area (Å²) < 4.78 is 1.73. The zero-order chi connectivity index (χ0) is 16.1. The van der Waals surface area contributed by atoms with E-state index in [1.807, 2.05) is 55.5 Å². The molecule has 5 nitrogen and oxygen atoms in total. The first-order valence-corrected chi connectivity index (χ1v) is 7.64. The number of aryl methyl sites for hydroxylation is 2. The van der Waals surface area contributed by atoms with E-state index in [1.165, 1.54) is 0 Å². The van der Waals surface area contributed by atoms with E-state index in [-0.39, 0.29) is 5.69 Å². The molecule has 0 fully saturated rings. The van der Waals surface area contributed by atoms with Crippen LogP contribution in [0.5, 0.6) is 0 Å². The van der Waals surface area contributed by atoms with E-state index in [9.17, 15) is 4.79 Å². The lowest BCUT2D eigenvalue weighted by atomic mass is 10.1. The second kappa shape index (κ2) is 6.96. The molecule has 3 aromatic rings. The summed E-state index contributed by atoms with van der Waals surface area (Å²) in [7, 11) is 0. The molecule has 3 rings (SSSR count). The summed E-state index contributed by atoms with van der Waals surface area (Å²) in [6.45, 7) is 3.10. The first kappa shape index (κ1) is 15.1. The van der Waals surface area contributed by atoms with Crippen LogP contribution in [-0.2, 0) is 11.4 Å². The Kier molecular flexibility index (Phi) is 4.57. The second-order valence-electron chi connectivity index (χ2n) is 5.38. The Hall–Kier alpha value is -2.82. The number of hydrogen-bond donors (Lipinski definition) is 1. The van der Waals surface area contributed by atoms with E-state index >= 15 is 0 Å². The van der Waals surface area contributed by atoms with Crippen LogP contribution in [0.4, 0.5) is 0 Å². The highest BCUT2D eigenvalue weighted by atomic mass is 16.6. The first-order chi connectivity index (χ1) is 11.3. The van der Waals surface area contributed by atoms with Crippen LogP contribution in [0.25, 0.3) is 11.0 Å². The Bertz CT molecular complexity index is 877. The van der Waals surface area contributed by atoms with Crippen LogP contribution < -0.4 is 5.69 Å². The Morgan fingerprint density at radius 3 is 2.83 bits per heavy atom. The van der Waals surface area contributed by atoms with Crippen LogP contribution in [0.2, 0.25) is 0 Å². The number of imidazole rings is 1. The number of rotatable bonds is 6. The molecule has 0 bridgehead atoms. The smallest absolute Gasteiger partial charge is 0.326 e. The van der Waals surface area contributed by atoms with Crippen molar-refractivity contribution in [3.8, 4) is 0 Å². The minimum absolute atomic E-state index is 0.0883. The van der Waals surface area contributed by atoms with Crippen molar-refractivity contribution in [1.82, 2.24) is 9.55 Å². The molecule has 0 spiro atoms. The van der Waals surface area contributed by atoms with Crippen LogP contribution in [0.15, 0.2) is 58.5 Å². The number of hydrogen-bond acceptors (Lipinski definition) is 3. The number of H-pyrrole nitrogens is 1. The van der Waals surface area contributed by atoms with Gasteiger partial charge in [-0.05, 0) is 30.2 Å². The molecule has 0 atom stereocenters. The van der Waals surface area contributed by atoms with E-state index in [1.54, 1.807) is 10.8 Å². The predicted molar refractivity (Wildman–Crippen MR) is 91.9 cm³/mol. The minimum Gasteiger partial charge on any atom is -0.396 e. The van der Waals surface area contributed by atoms with E-state index in [0.717, 1.165) is 22.2 Å². The molecule has 0 aliphatic rings. The summed E-state index contributed by atoms with van der Waals surface area (Å²) >= 11 is 0.